The van der Waals surface area contributed by atoms with Crippen LogP contribution in [0.25, 0.3) is 0 Å². The molecule has 0 aliphatic heterocycles. The van der Waals surface area contributed by atoms with Crippen LogP contribution >= 0.6 is 15.9 Å². The molecule has 1 atom stereocenters. The van der Waals surface area contributed by atoms with Crippen molar-refractivity contribution >= 4 is 21.8 Å². The first-order valence-corrected chi connectivity index (χ1v) is 9.51. The van der Waals surface area contributed by atoms with Gasteiger partial charge in [-0.15, -0.1) is 0 Å². The van der Waals surface area contributed by atoms with Gasteiger partial charge in [-0.2, -0.15) is 8.78 Å². The maximum absolute atomic E-state index is 13.0. The van der Waals surface area contributed by atoms with Crippen LogP contribution in [0.2, 0.25) is 0 Å². The molecule has 0 radical (unpaired) electrons. The Morgan fingerprint density at radius 2 is 1.55 bits per heavy atom. The number of hydrogen-bond acceptors (Lipinski definition) is 3. The fraction of sp³-hybridized carbons (Fsp3) is 0.136. The summed E-state index contributed by atoms with van der Waals surface area (Å²) in [5, 5.41) is 3.00. The van der Waals surface area contributed by atoms with Gasteiger partial charge in [0.25, 0.3) is 5.91 Å². The summed E-state index contributed by atoms with van der Waals surface area (Å²) in [5.74, 6) is 0.304. The molecule has 0 fully saturated rings. The molecule has 4 nitrogen and oxygen atoms in total. The van der Waals surface area contributed by atoms with Crippen molar-refractivity contribution in [2.75, 3.05) is 7.11 Å². The van der Waals surface area contributed by atoms with Gasteiger partial charge < -0.3 is 14.8 Å². The van der Waals surface area contributed by atoms with Crippen molar-refractivity contribution in [3.05, 3.63) is 94.0 Å². The molecule has 150 valence electrons. The van der Waals surface area contributed by atoms with Crippen molar-refractivity contribution in [2.24, 2.45) is 0 Å². The predicted octanol–water partition coefficient (Wildman–Crippen LogP) is 5.58. The van der Waals surface area contributed by atoms with Gasteiger partial charge in [0.05, 0.1) is 18.7 Å². The molecule has 3 aromatic rings. The average Bonchev–Trinajstić information content (AvgIpc) is 2.73. The topological polar surface area (TPSA) is 47.6 Å². The Hall–Kier alpha value is -2.93. The van der Waals surface area contributed by atoms with E-state index >= 15 is 0 Å². The molecule has 1 unspecified atom stereocenters. The fourth-order valence-corrected chi connectivity index (χ4v) is 3.29. The summed E-state index contributed by atoms with van der Waals surface area (Å²) in [7, 11) is 1.53. The van der Waals surface area contributed by atoms with Gasteiger partial charge in [-0.25, -0.2) is 0 Å². The zero-order chi connectivity index (χ0) is 20.8. The van der Waals surface area contributed by atoms with Gasteiger partial charge in [0, 0.05) is 4.47 Å². The third kappa shape index (κ3) is 5.32. The molecule has 0 aromatic heterocycles. The molecule has 7 heteroatoms. The summed E-state index contributed by atoms with van der Waals surface area (Å²) in [4.78, 5) is 13.0. The number of amides is 1. The van der Waals surface area contributed by atoms with Crippen LogP contribution < -0.4 is 14.8 Å². The molecule has 0 aliphatic rings. The van der Waals surface area contributed by atoms with Crippen LogP contribution in [0.5, 0.6) is 11.5 Å². The van der Waals surface area contributed by atoms with Gasteiger partial charge in [0.1, 0.15) is 11.5 Å². The van der Waals surface area contributed by atoms with E-state index in [1.54, 1.807) is 30.3 Å². The minimum absolute atomic E-state index is 0.0532. The lowest BCUT2D eigenvalue weighted by molar-refractivity contribution is -0.0498. The van der Waals surface area contributed by atoms with Crippen LogP contribution in [0.1, 0.15) is 27.5 Å². The Balaban J connectivity index is 1.92. The first kappa shape index (κ1) is 20.8. The second kappa shape index (κ2) is 9.52. The smallest absolute Gasteiger partial charge is 0.387 e. The second-order valence-electron chi connectivity index (χ2n) is 6.11. The van der Waals surface area contributed by atoms with Crippen molar-refractivity contribution < 1.29 is 23.0 Å². The highest BCUT2D eigenvalue weighted by atomic mass is 79.9. The van der Waals surface area contributed by atoms with E-state index in [0.717, 1.165) is 11.1 Å². The molecule has 0 heterocycles. The molecule has 3 rings (SSSR count). The normalized spacial score (nSPS) is 11.8. The zero-order valence-electron chi connectivity index (χ0n) is 15.4. The third-order valence-corrected chi connectivity index (χ3v) is 4.96. The molecule has 0 saturated heterocycles. The van der Waals surface area contributed by atoms with Gasteiger partial charge in [-0.05, 0) is 57.4 Å². The van der Waals surface area contributed by atoms with E-state index in [2.05, 4.69) is 26.0 Å². The van der Waals surface area contributed by atoms with E-state index in [1.807, 2.05) is 30.3 Å². The SMILES string of the molecule is COc1ccc(Br)c(C(=O)NC(c2ccccc2)c2ccc(OC(F)F)cc2)c1. The lowest BCUT2D eigenvalue weighted by atomic mass is 9.98. The highest BCUT2D eigenvalue weighted by molar-refractivity contribution is 9.10. The zero-order valence-corrected chi connectivity index (χ0v) is 17.0. The van der Waals surface area contributed by atoms with Crippen LogP contribution in [-0.2, 0) is 0 Å². The van der Waals surface area contributed by atoms with Crippen molar-refractivity contribution in [1.82, 2.24) is 5.32 Å². The Morgan fingerprint density at radius 3 is 2.17 bits per heavy atom. The first-order valence-electron chi connectivity index (χ1n) is 8.72. The molecule has 1 amide bonds. The first-order chi connectivity index (χ1) is 14.0. The van der Waals surface area contributed by atoms with E-state index in [9.17, 15) is 13.6 Å². The molecule has 0 bridgehead atoms. The Labute approximate surface area is 175 Å². The Morgan fingerprint density at radius 1 is 0.931 bits per heavy atom. The number of halogens is 3. The second-order valence-corrected chi connectivity index (χ2v) is 6.96. The van der Waals surface area contributed by atoms with E-state index in [0.29, 0.717) is 15.8 Å². The minimum Gasteiger partial charge on any atom is -0.497 e. The lowest BCUT2D eigenvalue weighted by Crippen LogP contribution is -2.29. The lowest BCUT2D eigenvalue weighted by Gasteiger charge is -2.21. The number of hydrogen-bond donors (Lipinski definition) is 1. The standard InChI is InChI=1S/C22H18BrF2NO3/c1-28-17-11-12-19(23)18(13-17)21(27)26-20(14-5-3-2-4-6-14)15-7-9-16(10-8-15)29-22(24)25/h2-13,20,22H,1H3,(H,26,27). The Bertz CT molecular complexity index is 966. The number of rotatable bonds is 7. The van der Waals surface area contributed by atoms with Crippen molar-refractivity contribution in [3.63, 3.8) is 0 Å². The monoisotopic (exact) mass is 461 g/mol. The molecule has 29 heavy (non-hydrogen) atoms. The summed E-state index contributed by atoms with van der Waals surface area (Å²) < 4.78 is 35.1. The van der Waals surface area contributed by atoms with E-state index in [-0.39, 0.29) is 11.7 Å². The van der Waals surface area contributed by atoms with Crippen LogP contribution in [0.3, 0.4) is 0 Å². The van der Waals surface area contributed by atoms with Gasteiger partial charge in [-0.3, -0.25) is 4.79 Å². The maximum atomic E-state index is 13.0. The summed E-state index contributed by atoms with van der Waals surface area (Å²) in [6.45, 7) is -2.89. The molecule has 0 saturated carbocycles. The van der Waals surface area contributed by atoms with Crippen molar-refractivity contribution in [2.45, 2.75) is 12.7 Å². The molecule has 3 aromatic carbocycles. The molecule has 0 spiro atoms. The number of benzene rings is 3. The van der Waals surface area contributed by atoms with E-state index in [4.69, 9.17) is 4.74 Å². The van der Waals surface area contributed by atoms with Crippen LogP contribution in [0.15, 0.2) is 77.3 Å². The predicted molar refractivity (Wildman–Crippen MR) is 110 cm³/mol. The van der Waals surface area contributed by atoms with E-state index in [1.165, 1.54) is 19.2 Å². The number of nitrogens with one attached hydrogen (secondary N) is 1. The molecular formula is C22H18BrF2NO3. The molecule has 0 aliphatic carbocycles. The third-order valence-electron chi connectivity index (χ3n) is 4.27. The minimum atomic E-state index is -2.89. The number of ether oxygens (including phenoxy) is 2. The van der Waals surface area contributed by atoms with Gasteiger partial charge >= 0.3 is 6.61 Å². The number of methoxy groups -OCH3 is 1. The van der Waals surface area contributed by atoms with Crippen LogP contribution in [0, 0.1) is 0 Å². The van der Waals surface area contributed by atoms with Gasteiger partial charge in [0.15, 0.2) is 0 Å². The molecular weight excluding hydrogens is 444 g/mol. The highest BCUT2D eigenvalue weighted by Gasteiger charge is 2.20. The fourth-order valence-electron chi connectivity index (χ4n) is 2.86. The van der Waals surface area contributed by atoms with Crippen LogP contribution in [0.4, 0.5) is 8.78 Å². The van der Waals surface area contributed by atoms with Gasteiger partial charge in [-0.1, -0.05) is 42.5 Å². The van der Waals surface area contributed by atoms with Crippen molar-refractivity contribution in [3.8, 4) is 11.5 Å². The number of carbonyl (C=O) groups is 1. The highest BCUT2D eigenvalue weighted by Crippen LogP contribution is 2.27. The summed E-state index contributed by atoms with van der Waals surface area (Å²) in [5.41, 5.74) is 2.00. The van der Waals surface area contributed by atoms with Crippen LogP contribution in [-0.4, -0.2) is 19.6 Å². The molecule has 1 N–H and O–H groups in total. The number of carbonyl (C=O) groups excluding carboxylic acids is 1. The summed E-state index contributed by atoms with van der Waals surface area (Å²) >= 11 is 3.39. The maximum Gasteiger partial charge on any atom is 0.387 e. The van der Waals surface area contributed by atoms with E-state index < -0.39 is 12.7 Å². The number of alkyl halides is 2. The Kier molecular flexibility index (Phi) is 6.82. The largest absolute Gasteiger partial charge is 0.497 e. The van der Waals surface area contributed by atoms with Gasteiger partial charge in [0.2, 0.25) is 0 Å². The summed E-state index contributed by atoms with van der Waals surface area (Å²) in [6, 6.07) is 20.2. The quantitative estimate of drug-likeness (QED) is 0.499. The van der Waals surface area contributed by atoms with Crippen molar-refractivity contribution in [1.29, 1.82) is 0 Å². The summed E-state index contributed by atoms with van der Waals surface area (Å²) in [6.07, 6.45) is 0. The average molecular weight is 462 g/mol.